The van der Waals surface area contributed by atoms with Gasteiger partial charge in [0.05, 0.1) is 5.69 Å². The zero-order valence-electron chi connectivity index (χ0n) is 11.9. The maximum atomic E-state index is 11.5. The van der Waals surface area contributed by atoms with Crippen LogP contribution in [0.4, 0.5) is 0 Å². The summed E-state index contributed by atoms with van der Waals surface area (Å²) < 4.78 is 2.75. The normalized spacial score (nSPS) is 14.6. The van der Waals surface area contributed by atoms with Gasteiger partial charge in [0.2, 0.25) is 0 Å². The van der Waals surface area contributed by atoms with Crippen LogP contribution in [0, 0.1) is 6.92 Å². The fourth-order valence-electron chi connectivity index (χ4n) is 2.93. The first-order valence-corrected chi connectivity index (χ1v) is 7.98. The van der Waals surface area contributed by atoms with Crippen molar-refractivity contribution in [1.29, 1.82) is 0 Å². The number of aryl methyl sites for hydroxylation is 1. The van der Waals surface area contributed by atoms with Crippen LogP contribution < -0.4 is 0 Å². The molecule has 0 unspecified atom stereocenters. The molecule has 1 aliphatic rings. The molecular weight excluding hydrogens is 332 g/mol. The van der Waals surface area contributed by atoms with E-state index in [1.807, 2.05) is 29.8 Å². The molecule has 5 heteroatoms. The van der Waals surface area contributed by atoms with Crippen molar-refractivity contribution in [2.24, 2.45) is 0 Å². The smallest absolute Gasteiger partial charge is 0.356 e. The van der Waals surface area contributed by atoms with E-state index in [0.29, 0.717) is 0 Å². The molecule has 1 N–H and O–H groups in total. The van der Waals surface area contributed by atoms with Crippen molar-refractivity contribution in [2.75, 3.05) is 0 Å². The average Bonchev–Trinajstić information content (AvgIpc) is 2.63. The SMILES string of the molecule is Cc1ccc(-n2nc(C(=O)O)c3c2CCCCC3)c(Br)c1. The molecule has 2 aromatic rings. The average molecular weight is 349 g/mol. The van der Waals surface area contributed by atoms with Crippen LogP contribution in [0.15, 0.2) is 22.7 Å². The number of hydrogen-bond acceptors (Lipinski definition) is 2. The lowest BCUT2D eigenvalue weighted by Crippen LogP contribution is -2.05. The molecule has 4 nitrogen and oxygen atoms in total. The third-order valence-electron chi connectivity index (χ3n) is 3.96. The molecule has 0 saturated heterocycles. The van der Waals surface area contributed by atoms with E-state index in [-0.39, 0.29) is 5.69 Å². The number of halogens is 1. The highest BCUT2D eigenvalue weighted by Crippen LogP contribution is 2.29. The summed E-state index contributed by atoms with van der Waals surface area (Å²) in [5.74, 6) is -0.935. The van der Waals surface area contributed by atoms with Gasteiger partial charge in [-0.05, 0) is 66.2 Å². The van der Waals surface area contributed by atoms with Crippen LogP contribution in [-0.2, 0) is 12.8 Å². The number of benzene rings is 1. The fraction of sp³-hybridized carbons (Fsp3) is 0.375. The molecule has 1 aromatic carbocycles. The highest BCUT2D eigenvalue weighted by atomic mass is 79.9. The molecule has 1 aliphatic carbocycles. The summed E-state index contributed by atoms with van der Waals surface area (Å²) in [5.41, 5.74) is 4.23. The van der Waals surface area contributed by atoms with Crippen molar-refractivity contribution in [3.05, 3.63) is 45.2 Å². The van der Waals surface area contributed by atoms with Gasteiger partial charge in [-0.25, -0.2) is 9.48 Å². The van der Waals surface area contributed by atoms with E-state index in [0.717, 1.165) is 59.1 Å². The summed E-state index contributed by atoms with van der Waals surface area (Å²) >= 11 is 3.57. The maximum Gasteiger partial charge on any atom is 0.356 e. The first-order valence-electron chi connectivity index (χ1n) is 7.18. The third-order valence-corrected chi connectivity index (χ3v) is 4.60. The van der Waals surface area contributed by atoms with Crippen LogP contribution in [0.3, 0.4) is 0 Å². The molecule has 1 heterocycles. The highest BCUT2D eigenvalue weighted by Gasteiger charge is 2.24. The molecule has 0 spiro atoms. The van der Waals surface area contributed by atoms with E-state index in [2.05, 4.69) is 21.0 Å². The van der Waals surface area contributed by atoms with Gasteiger partial charge < -0.3 is 5.11 Å². The maximum absolute atomic E-state index is 11.5. The molecule has 110 valence electrons. The number of fused-ring (bicyclic) bond motifs is 1. The summed E-state index contributed by atoms with van der Waals surface area (Å²) in [4.78, 5) is 11.5. The number of carbonyl (C=O) groups is 1. The van der Waals surface area contributed by atoms with Crippen molar-refractivity contribution >= 4 is 21.9 Å². The number of rotatable bonds is 2. The van der Waals surface area contributed by atoms with E-state index in [9.17, 15) is 9.90 Å². The molecule has 0 atom stereocenters. The number of aromatic nitrogens is 2. The number of carboxylic acids is 1. The van der Waals surface area contributed by atoms with E-state index < -0.39 is 5.97 Å². The van der Waals surface area contributed by atoms with Gasteiger partial charge in [-0.1, -0.05) is 12.5 Å². The number of carboxylic acid groups (broad SMARTS) is 1. The molecule has 0 radical (unpaired) electrons. The van der Waals surface area contributed by atoms with Gasteiger partial charge in [-0.2, -0.15) is 5.10 Å². The lowest BCUT2D eigenvalue weighted by Gasteiger charge is -2.10. The van der Waals surface area contributed by atoms with Crippen LogP contribution in [0.1, 0.15) is 46.6 Å². The van der Waals surface area contributed by atoms with Crippen molar-refractivity contribution < 1.29 is 9.90 Å². The molecular formula is C16H17BrN2O2. The Morgan fingerprint density at radius 1 is 1.29 bits per heavy atom. The predicted octanol–water partition coefficient (Wildman–Crippen LogP) is 3.91. The zero-order chi connectivity index (χ0) is 15.0. The molecule has 0 aliphatic heterocycles. The summed E-state index contributed by atoms with van der Waals surface area (Å²) in [6.07, 6.45) is 4.95. The number of nitrogens with zero attached hydrogens (tertiary/aromatic N) is 2. The summed E-state index contributed by atoms with van der Waals surface area (Å²) in [6.45, 7) is 2.03. The molecule has 1 aromatic heterocycles. The molecule has 0 amide bonds. The summed E-state index contributed by atoms with van der Waals surface area (Å²) in [6, 6.07) is 6.04. The summed E-state index contributed by atoms with van der Waals surface area (Å²) in [5, 5.41) is 13.8. The van der Waals surface area contributed by atoms with Gasteiger partial charge in [-0.3, -0.25) is 0 Å². The second kappa shape index (κ2) is 5.64. The van der Waals surface area contributed by atoms with Crippen molar-refractivity contribution in [3.63, 3.8) is 0 Å². The quantitative estimate of drug-likeness (QED) is 0.837. The fourth-order valence-corrected chi connectivity index (χ4v) is 3.59. The van der Waals surface area contributed by atoms with Crippen molar-refractivity contribution in [1.82, 2.24) is 9.78 Å². The van der Waals surface area contributed by atoms with Crippen LogP contribution in [0.2, 0.25) is 0 Å². The first kappa shape index (κ1) is 14.3. The largest absolute Gasteiger partial charge is 0.476 e. The van der Waals surface area contributed by atoms with Crippen LogP contribution in [0.25, 0.3) is 5.69 Å². The molecule has 3 rings (SSSR count). The Hall–Kier alpha value is -1.62. The molecule has 0 saturated carbocycles. The van der Waals surface area contributed by atoms with Gasteiger partial charge in [-0.15, -0.1) is 0 Å². The second-order valence-electron chi connectivity index (χ2n) is 5.51. The van der Waals surface area contributed by atoms with Gasteiger partial charge in [0, 0.05) is 15.7 Å². The van der Waals surface area contributed by atoms with Crippen molar-refractivity contribution in [3.8, 4) is 5.69 Å². The minimum absolute atomic E-state index is 0.208. The number of aromatic carboxylic acids is 1. The lowest BCUT2D eigenvalue weighted by molar-refractivity contribution is 0.0688. The van der Waals surface area contributed by atoms with E-state index in [1.165, 1.54) is 0 Å². The topological polar surface area (TPSA) is 55.1 Å². The predicted molar refractivity (Wildman–Crippen MR) is 84.2 cm³/mol. The van der Waals surface area contributed by atoms with Gasteiger partial charge >= 0.3 is 5.97 Å². The standard InChI is InChI=1S/C16H17BrN2O2/c1-10-7-8-14(12(17)9-10)19-13-6-4-2-3-5-11(13)15(18-19)16(20)21/h7-9H,2-6H2,1H3,(H,20,21). The Kier molecular flexibility index (Phi) is 3.85. The number of hydrogen-bond donors (Lipinski definition) is 1. The van der Waals surface area contributed by atoms with E-state index in [4.69, 9.17) is 0 Å². The zero-order valence-corrected chi connectivity index (χ0v) is 13.5. The van der Waals surface area contributed by atoms with Crippen LogP contribution in [-0.4, -0.2) is 20.9 Å². The minimum Gasteiger partial charge on any atom is -0.476 e. The van der Waals surface area contributed by atoms with E-state index >= 15 is 0 Å². The van der Waals surface area contributed by atoms with Gasteiger partial charge in [0.15, 0.2) is 5.69 Å². The third kappa shape index (κ3) is 2.62. The van der Waals surface area contributed by atoms with Crippen LogP contribution in [0.5, 0.6) is 0 Å². The lowest BCUT2D eigenvalue weighted by atomic mass is 10.1. The first-order chi connectivity index (χ1) is 10.1. The molecule has 0 bridgehead atoms. The summed E-state index contributed by atoms with van der Waals surface area (Å²) in [7, 11) is 0. The van der Waals surface area contributed by atoms with E-state index in [1.54, 1.807) is 0 Å². The minimum atomic E-state index is -0.935. The Morgan fingerprint density at radius 3 is 2.76 bits per heavy atom. The van der Waals surface area contributed by atoms with Crippen molar-refractivity contribution in [2.45, 2.75) is 39.0 Å². The Morgan fingerprint density at radius 2 is 2.05 bits per heavy atom. The monoisotopic (exact) mass is 348 g/mol. The molecule has 21 heavy (non-hydrogen) atoms. The van der Waals surface area contributed by atoms with Crippen LogP contribution >= 0.6 is 15.9 Å². The molecule has 0 fully saturated rings. The Bertz CT molecular complexity index is 707. The Labute approximate surface area is 131 Å². The van der Waals surface area contributed by atoms with Gasteiger partial charge in [0.1, 0.15) is 0 Å². The van der Waals surface area contributed by atoms with Gasteiger partial charge in [0.25, 0.3) is 0 Å². The Balaban J connectivity index is 2.20. The second-order valence-corrected chi connectivity index (χ2v) is 6.36. The highest BCUT2D eigenvalue weighted by molar-refractivity contribution is 9.10.